The summed E-state index contributed by atoms with van der Waals surface area (Å²) in [5.41, 5.74) is 0.697. The molecule has 6 rings (SSSR count). The lowest BCUT2D eigenvalue weighted by atomic mass is 9.53. The summed E-state index contributed by atoms with van der Waals surface area (Å²) in [7, 11) is 0. The molecule has 6 fully saturated rings. The van der Waals surface area contributed by atoms with Gasteiger partial charge in [-0.3, -0.25) is 4.90 Å². The molecule has 4 aliphatic carbocycles. The maximum absolute atomic E-state index is 3.61. The summed E-state index contributed by atoms with van der Waals surface area (Å²) >= 11 is 0. The fourth-order valence-electron chi connectivity index (χ4n) is 7.01. The van der Waals surface area contributed by atoms with Gasteiger partial charge in [0.05, 0.1) is 0 Å². The molecule has 2 heterocycles. The number of piperidine rings is 1. The van der Waals surface area contributed by atoms with Gasteiger partial charge in [0.15, 0.2) is 0 Å². The van der Waals surface area contributed by atoms with E-state index in [0.717, 1.165) is 29.7 Å². The lowest BCUT2D eigenvalue weighted by molar-refractivity contribution is -0.0793. The zero-order valence-corrected chi connectivity index (χ0v) is 12.8. The minimum Gasteiger partial charge on any atom is -0.316 e. The maximum Gasteiger partial charge on any atom is 0.0152 e. The first kappa shape index (κ1) is 12.5. The molecule has 2 nitrogen and oxygen atoms in total. The summed E-state index contributed by atoms with van der Waals surface area (Å²) in [5.74, 6) is 4.43. The molecule has 0 aromatic rings. The van der Waals surface area contributed by atoms with Gasteiger partial charge in [-0.2, -0.15) is 0 Å². The molecule has 2 aliphatic heterocycles. The predicted octanol–water partition coefficient (Wildman–Crippen LogP) is 2.89. The predicted molar refractivity (Wildman–Crippen MR) is 81.6 cm³/mol. The zero-order valence-electron chi connectivity index (χ0n) is 12.8. The van der Waals surface area contributed by atoms with Gasteiger partial charge < -0.3 is 5.32 Å². The molecular weight excluding hydrogens is 244 g/mol. The number of likely N-dealkylation sites (tertiary alicyclic amines) is 1. The summed E-state index contributed by atoms with van der Waals surface area (Å²) in [4.78, 5) is 2.96. The first-order chi connectivity index (χ1) is 9.81. The second-order valence-electron chi connectivity index (χ2n) is 8.88. The van der Waals surface area contributed by atoms with E-state index in [2.05, 4.69) is 10.2 Å². The van der Waals surface area contributed by atoms with Gasteiger partial charge in [-0.1, -0.05) is 0 Å². The van der Waals surface area contributed by atoms with Crippen LogP contribution in [0.15, 0.2) is 0 Å². The van der Waals surface area contributed by atoms with E-state index in [-0.39, 0.29) is 0 Å². The first-order valence-corrected chi connectivity index (χ1v) is 9.26. The molecule has 0 unspecified atom stereocenters. The molecule has 2 heteroatoms. The van der Waals surface area contributed by atoms with E-state index >= 15 is 0 Å². The van der Waals surface area contributed by atoms with Gasteiger partial charge >= 0.3 is 0 Å². The Balaban J connectivity index is 1.30. The van der Waals surface area contributed by atoms with Gasteiger partial charge in [0.25, 0.3) is 0 Å². The Morgan fingerprint density at radius 1 is 0.800 bits per heavy atom. The Morgan fingerprint density at radius 3 is 2.00 bits per heavy atom. The highest BCUT2D eigenvalue weighted by Gasteiger charge is 2.51. The average Bonchev–Trinajstić information content (AvgIpc) is 2.88. The Hall–Kier alpha value is -0.0800. The highest BCUT2D eigenvalue weighted by atomic mass is 15.2. The molecule has 6 aliphatic rings. The summed E-state index contributed by atoms with van der Waals surface area (Å²) in [6.45, 7) is 5.41. The summed E-state index contributed by atoms with van der Waals surface area (Å²) < 4.78 is 0. The molecule has 4 bridgehead atoms. The second-order valence-corrected chi connectivity index (χ2v) is 8.88. The van der Waals surface area contributed by atoms with Crippen LogP contribution in [0.3, 0.4) is 0 Å². The molecule has 0 aromatic carbocycles. The minimum absolute atomic E-state index is 0.697. The Labute approximate surface area is 123 Å². The van der Waals surface area contributed by atoms with Crippen molar-refractivity contribution in [2.24, 2.45) is 29.1 Å². The number of hydrogen-bond donors (Lipinski definition) is 1. The van der Waals surface area contributed by atoms with E-state index in [4.69, 9.17) is 0 Å². The summed E-state index contributed by atoms with van der Waals surface area (Å²) in [6, 6.07) is 0.995. The lowest BCUT2D eigenvalue weighted by Gasteiger charge is -2.58. The molecule has 0 amide bonds. The van der Waals surface area contributed by atoms with Crippen LogP contribution < -0.4 is 5.32 Å². The highest BCUT2D eigenvalue weighted by molar-refractivity contribution is 5.04. The van der Waals surface area contributed by atoms with Crippen LogP contribution in [0.5, 0.6) is 0 Å². The molecule has 112 valence electrons. The Kier molecular flexibility index (Phi) is 2.78. The van der Waals surface area contributed by atoms with Crippen molar-refractivity contribution in [3.05, 3.63) is 0 Å². The zero-order chi connectivity index (χ0) is 13.2. The Morgan fingerprint density at radius 2 is 1.45 bits per heavy atom. The van der Waals surface area contributed by atoms with Crippen molar-refractivity contribution in [3.8, 4) is 0 Å². The van der Waals surface area contributed by atoms with Crippen LogP contribution in [-0.2, 0) is 0 Å². The fraction of sp³-hybridized carbons (Fsp3) is 1.00. The van der Waals surface area contributed by atoms with Crippen LogP contribution in [0, 0.1) is 29.1 Å². The fourth-order valence-corrected chi connectivity index (χ4v) is 7.01. The minimum atomic E-state index is 0.697. The quantitative estimate of drug-likeness (QED) is 0.791. The van der Waals surface area contributed by atoms with Gasteiger partial charge in [0, 0.05) is 12.6 Å². The number of hydrogen-bond acceptors (Lipinski definition) is 2. The molecule has 1 N–H and O–H groups in total. The van der Waals surface area contributed by atoms with Gasteiger partial charge in [-0.05, 0) is 100 Å². The number of nitrogens with one attached hydrogen (secondary N) is 1. The van der Waals surface area contributed by atoms with Crippen LogP contribution in [-0.4, -0.2) is 37.1 Å². The standard InChI is InChI=1S/C18H30N2/c1-4-19-12-18(1)2-5-20(6-3-18)17-15-8-13-7-14(10-15)11-16(17)9-13/h13-17,19H,1-12H2. The van der Waals surface area contributed by atoms with Crippen molar-refractivity contribution >= 4 is 0 Å². The normalized spacial score (nSPS) is 50.1. The monoisotopic (exact) mass is 274 g/mol. The van der Waals surface area contributed by atoms with E-state index in [1.54, 1.807) is 32.1 Å². The molecule has 4 saturated carbocycles. The molecule has 0 radical (unpaired) electrons. The number of rotatable bonds is 1. The maximum atomic E-state index is 3.61. The van der Waals surface area contributed by atoms with Crippen molar-refractivity contribution in [3.63, 3.8) is 0 Å². The van der Waals surface area contributed by atoms with E-state index in [1.165, 1.54) is 45.4 Å². The van der Waals surface area contributed by atoms with E-state index in [0.29, 0.717) is 5.41 Å². The van der Waals surface area contributed by atoms with Gasteiger partial charge in [0.1, 0.15) is 0 Å². The highest BCUT2D eigenvalue weighted by Crippen LogP contribution is 2.55. The molecular formula is C18H30N2. The van der Waals surface area contributed by atoms with Crippen LogP contribution in [0.2, 0.25) is 0 Å². The molecule has 2 saturated heterocycles. The smallest absolute Gasteiger partial charge is 0.0152 e. The molecule has 1 spiro atoms. The molecule has 20 heavy (non-hydrogen) atoms. The van der Waals surface area contributed by atoms with Gasteiger partial charge in [-0.15, -0.1) is 0 Å². The topological polar surface area (TPSA) is 15.3 Å². The largest absolute Gasteiger partial charge is 0.316 e. The summed E-state index contributed by atoms with van der Waals surface area (Å²) in [5, 5.41) is 3.61. The third-order valence-electron chi connectivity index (χ3n) is 7.79. The molecule has 0 aromatic heterocycles. The van der Waals surface area contributed by atoms with Gasteiger partial charge in [0.2, 0.25) is 0 Å². The van der Waals surface area contributed by atoms with Gasteiger partial charge in [-0.25, -0.2) is 0 Å². The van der Waals surface area contributed by atoms with Crippen molar-refractivity contribution in [1.29, 1.82) is 0 Å². The van der Waals surface area contributed by atoms with Crippen LogP contribution in [0.25, 0.3) is 0 Å². The van der Waals surface area contributed by atoms with Crippen LogP contribution >= 0.6 is 0 Å². The van der Waals surface area contributed by atoms with Crippen LogP contribution in [0.1, 0.15) is 51.4 Å². The number of nitrogens with zero attached hydrogens (tertiary/aromatic N) is 1. The van der Waals surface area contributed by atoms with Crippen LogP contribution in [0.4, 0.5) is 0 Å². The second kappa shape index (κ2) is 4.46. The summed E-state index contributed by atoms with van der Waals surface area (Å²) in [6.07, 6.45) is 12.3. The van der Waals surface area contributed by atoms with E-state index < -0.39 is 0 Å². The van der Waals surface area contributed by atoms with Crippen molar-refractivity contribution in [1.82, 2.24) is 10.2 Å². The SMILES string of the molecule is C1CC2(CCN(C3C4CC5CC(C4)CC3C5)CC2)CN1. The van der Waals surface area contributed by atoms with E-state index in [9.17, 15) is 0 Å². The van der Waals surface area contributed by atoms with E-state index in [1.807, 2.05) is 0 Å². The van der Waals surface area contributed by atoms with Crippen molar-refractivity contribution < 1.29 is 0 Å². The third kappa shape index (κ3) is 1.83. The first-order valence-electron chi connectivity index (χ1n) is 9.26. The Bertz CT molecular complexity index is 347. The van der Waals surface area contributed by atoms with Crippen molar-refractivity contribution in [2.45, 2.75) is 57.4 Å². The third-order valence-corrected chi connectivity index (χ3v) is 7.79. The molecule has 0 atom stereocenters. The lowest BCUT2D eigenvalue weighted by Crippen LogP contribution is -2.58. The van der Waals surface area contributed by atoms with Crippen molar-refractivity contribution in [2.75, 3.05) is 26.2 Å². The average molecular weight is 274 g/mol.